The molecule has 32 heavy (non-hydrogen) atoms. The number of nitrogens with one attached hydrogen (secondary N) is 1. The minimum atomic E-state index is -3.05. The summed E-state index contributed by atoms with van der Waals surface area (Å²) >= 11 is 0. The van der Waals surface area contributed by atoms with Crippen molar-refractivity contribution in [3.8, 4) is 0 Å². The van der Waals surface area contributed by atoms with E-state index >= 15 is 0 Å². The smallest absolute Gasteiger partial charge is 0.263 e. The molecule has 0 bridgehead atoms. The average Bonchev–Trinajstić information content (AvgIpc) is 2.77. The second-order valence-electron chi connectivity index (χ2n) is 8.22. The predicted octanol–water partition coefficient (Wildman–Crippen LogP) is 3.73. The molecule has 0 amide bonds. The molecule has 2 aromatic heterocycles. The largest absolute Gasteiger partial charge is 0.361 e. The van der Waals surface area contributed by atoms with E-state index in [2.05, 4.69) is 15.5 Å². The van der Waals surface area contributed by atoms with Gasteiger partial charge in [-0.05, 0) is 43.4 Å². The van der Waals surface area contributed by atoms with Crippen LogP contribution in [0.3, 0.4) is 0 Å². The maximum absolute atomic E-state index is 13.1. The number of benzene rings is 1. The van der Waals surface area contributed by atoms with Crippen LogP contribution in [0.5, 0.6) is 0 Å². The lowest BCUT2D eigenvalue weighted by molar-refractivity contribution is 0.151. The normalized spacial score (nSPS) is 17.5. The van der Waals surface area contributed by atoms with Gasteiger partial charge >= 0.3 is 0 Å². The molecule has 0 radical (unpaired) electrons. The van der Waals surface area contributed by atoms with Crippen LogP contribution in [-0.4, -0.2) is 34.7 Å². The molecule has 7 nitrogen and oxygen atoms in total. The fourth-order valence-electron chi connectivity index (χ4n) is 4.17. The summed E-state index contributed by atoms with van der Waals surface area (Å²) in [7, 11) is -1.40. The highest BCUT2D eigenvalue weighted by Gasteiger charge is 2.27. The van der Waals surface area contributed by atoms with Gasteiger partial charge in [-0.2, -0.15) is 5.10 Å². The van der Waals surface area contributed by atoms with E-state index in [1.807, 2.05) is 6.92 Å². The van der Waals surface area contributed by atoms with Crippen molar-refractivity contribution in [2.45, 2.75) is 38.2 Å². The van der Waals surface area contributed by atoms with Gasteiger partial charge in [0, 0.05) is 23.6 Å². The number of aromatic nitrogens is 3. The van der Waals surface area contributed by atoms with E-state index in [4.69, 9.17) is 0 Å². The standard InChI is InChI=1S/C22H24F2N4O3S/c1-13(15-4-3-5-16(10-15)20(23)24)26-21-18-11-17(14-6-8-32(30,31)9-7-14)22(29)28(2)19(18)12-25-27-21/h3-5,10-14,20H,6-9H2,1-2H3,(H,26,27)/t13-/m1/s1. The molecule has 10 heteroatoms. The van der Waals surface area contributed by atoms with Crippen LogP contribution in [0, 0.1) is 0 Å². The molecule has 0 aliphatic carbocycles. The Kier molecular flexibility index (Phi) is 5.98. The molecule has 1 aromatic carbocycles. The second kappa shape index (κ2) is 8.57. The number of rotatable bonds is 5. The van der Waals surface area contributed by atoms with Crippen LogP contribution in [-0.2, 0) is 16.9 Å². The van der Waals surface area contributed by atoms with Gasteiger partial charge in [0.1, 0.15) is 9.84 Å². The number of aryl methyl sites for hydroxylation is 1. The Morgan fingerprint density at radius 3 is 2.53 bits per heavy atom. The predicted molar refractivity (Wildman–Crippen MR) is 119 cm³/mol. The molecule has 3 heterocycles. The monoisotopic (exact) mass is 462 g/mol. The van der Waals surface area contributed by atoms with E-state index in [-0.39, 0.29) is 34.6 Å². The molecule has 0 saturated carbocycles. The zero-order valence-corrected chi connectivity index (χ0v) is 18.6. The average molecular weight is 463 g/mol. The number of halogens is 2. The summed E-state index contributed by atoms with van der Waals surface area (Å²) in [5, 5.41) is 12.1. The summed E-state index contributed by atoms with van der Waals surface area (Å²) in [6.45, 7) is 1.83. The summed E-state index contributed by atoms with van der Waals surface area (Å²) < 4.78 is 51.3. The molecule has 1 saturated heterocycles. The lowest BCUT2D eigenvalue weighted by Gasteiger charge is -2.23. The fraction of sp³-hybridized carbons (Fsp3) is 0.409. The summed E-state index contributed by atoms with van der Waals surface area (Å²) in [5.41, 5.74) is 1.56. The Morgan fingerprint density at radius 2 is 1.84 bits per heavy atom. The van der Waals surface area contributed by atoms with E-state index in [1.54, 1.807) is 25.2 Å². The number of pyridine rings is 1. The third-order valence-electron chi connectivity index (χ3n) is 6.09. The van der Waals surface area contributed by atoms with Gasteiger partial charge in [0.05, 0.1) is 29.3 Å². The minimum Gasteiger partial charge on any atom is -0.361 e. The number of hydrogen-bond donors (Lipinski definition) is 1. The molecule has 0 unspecified atom stereocenters. The maximum Gasteiger partial charge on any atom is 0.263 e. The van der Waals surface area contributed by atoms with Crippen molar-refractivity contribution in [1.29, 1.82) is 0 Å². The van der Waals surface area contributed by atoms with E-state index in [0.29, 0.717) is 40.7 Å². The van der Waals surface area contributed by atoms with Gasteiger partial charge in [-0.1, -0.05) is 18.2 Å². The Balaban J connectivity index is 1.72. The Hall–Kier alpha value is -2.88. The highest BCUT2D eigenvalue weighted by atomic mass is 32.2. The molecule has 1 N–H and O–H groups in total. The van der Waals surface area contributed by atoms with Crippen LogP contribution >= 0.6 is 0 Å². The van der Waals surface area contributed by atoms with Gasteiger partial charge < -0.3 is 9.88 Å². The van der Waals surface area contributed by atoms with Crippen molar-refractivity contribution in [2.75, 3.05) is 16.8 Å². The second-order valence-corrected chi connectivity index (χ2v) is 10.5. The van der Waals surface area contributed by atoms with Crippen molar-refractivity contribution >= 4 is 26.6 Å². The summed E-state index contributed by atoms with van der Waals surface area (Å²) in [4.78, 5) is 13.0. The van der Waals surface area contributed by atoms with Gasteiger partial charge in [-0.25, -0.2) is 17.2 Å². The third-order valence-corrected chi connectivity index (χ3v) is 7.81. The number of nitrogens with zero attached hydrogens (tertiary/aromatic N) is 3. The van der Waals surface area contributed by atoms with Crippen molar-refractivity contribution in [2.24, 2.45) is 7.05 Å². The maximum atomic E-state index is 13.1. The van der Waals surface area contributed by atoms with E-state index < -0.39 is 16.3 Å². The van der Waals surface area contributed by atoms with Crippen molar-refractivity contribution < 1.29 is 17.2 Å². The van der Waals surface area contributed by atoms with Gasteiger partial charge in [0.15, 0.2) is 5.82 Å². The molecular formula is C22H24F2N4O3S. The number of alkyl halides is 2. The molecule has 4 rings (SSSR count). The SMILES string of the molecule is C[C@@H](Nc1nncc2c1cc(C1CCS(=O)(=O)CC1)c(=O)n2C)c1cccc(C(F)F)c1. The Morgan fingerprint density at radius 1 is 1.16 bits per heavy atom. The van der Waals surface area contributed by atoms with Crippen LogP contribution in [0.15, 0.2) is 41.3 Å². The van der Waals surface area contributed by atoms with Crippen LogP contribution in [0.4, 0.5) is 14.6 Å². The first-order valence-electron chi connectivity index (χ1n) is 10.4. The van der Waals surface area contributed by atoms with Gasteiger partial charge in [0.2, 0.25) is 0 Å². The van der Waals surface area contributed by atoms with Crippen molar-refractivity contribution in [3.63, 3.8) is 0 Å². The lowest BCUT2D eigenvalue weighted by Crippen LogP contribution is -2.29. The van der Waals surface area contributed by atoms with E-state index in [9.17, 15) is 22.0 Å². The van der Waals surface area contributed by atoms with Crippen molar-refractivity contribution in [1.82, 2.24) is 14.8 Å². The molecular weight excluding hydrogens is 438 g/mol. The number of sulfone groups is 1. The third kappa shape index (κ3) is 4.36. The van der Waals surface area contributed by atoms with Gasteiger partial charge in [-0.15, -0.1) is 5.10 Å². The Labute approximate surface area is 184 Å². The molecule has 0 spiro atoms. The zero-order valence-electron chi connectivity index (χ0n) is 17.8. The van der Waals surface area contributed by atoms with Crippen LogP contribution < -0.4 is 10.9 Å². The summed E-state index contributed by atoms with van der Waals surface area (Å²) in [5.74, 6) is 0.409. The molecule has 1 aliphatic heterocycles. The summed E-state index contributed by atoms with van der Waals surface area (Å²) in [6, 6.07) is 7.60. The number of anilines is 1. The number of fused-ring (bicyclic) bond motifs is 1. The highest BCUT2D eigenvalue weighted by Crippen LogP contribution is 2.31. The van der Waals surface area contributed by atoms with Gasteiger partial charge in [0.25, 0.3) is 12.0 Å². The first kappa shape index (κ1) is 22.3. The number of hydrogen-bond acceptors (Lipinski definition) is 6. The topological polar surface area (TPSA) is 94.0 Å². The molecule has 1 fully saturated rings. The summed E-state index contributed by atoms with van der Waals surface area (Å²) in [6.07, 6.45) is -0.252. The zero-order chi connectivity index (χ0) is 23.0. The minimum absolute atomic E-state index is 0.0583. The van der Waals surface area contributed by atoms with Gasteiger partial charge in [-0.3, -0.25) is 4.79 Å². The molecule has 3 aromatic rings. The molecule has 1 aliphatic rings. The van der Waals surface area contributed by atoms with E-state index in [0.717, 1.165) is 0 Å². The lowest BCUT2D eigenvalue weighted by atomic mass is 9.93. The quantitative estimate of drug-likeness (QED) is 0.621. The first-order chi connectivity index (χ1) is 15.2. The highest BCUT2D eigenvalue weighted by molar-refractivity contribution is 7.91. The fourth-order valence-corrected chi connectivity index (χ4v) is 5.66. The Bertz CT molecular complexity index is 1310. The molecule has 1 atom stereocenters. The van der Waals surface area contributed by atoms with Crippen LogP contribution in [0.2, 0.25) is 0 Å². The van der Waals surface area contributed by atoms with E-state index in [1.165, 1.54) is 22.9 Å². The molecule has 170 valence electrons. The van der Waals surface area contributed by atoms with Crippen LogP contribution in [0.25, 0.3) is 10.9 Å². The van der Waals surface area contributed by atoms with Crippen molar-refractivity contribution in [3.05, 3.63) is 63.6 Å². The van der Waals surface area contributed by atoms with Crippen LogP contribution in [0.1, 0.15) is 54.8 Å². The first-order valence-corrected chi connectivity index (χ1v) is 12.2.